The van der Waals surface area contributed by atoms with E-state index in [9.17, 15) is 35.9 Å². The molecule has 1 heterocycles. The lowest BCUT2D eigenvalue weighted by Gasteiger charge is -2.28. The number of hydrogen-bond donors (Lipinski definition) is 1. The first kappa shape index (κ1) is 30.3. The molecule has 0 radical (unpaired) electrons. The third kappa shape index (κ3) is 6.46. The van der Waals surface area contributed by atoms with E-state index in [1.807, 2.05) is 0 Å². The summed E-state index contributed by atoms with van der Waals surface area (Å²) < 4.78 is 91.6. The Kier molecular flexibility index (Phi) is 8.60. The zero-order chi connectivity index (χ0) is 30.1. The number of rotatable bonds is 7. The maximum atomic E-state index is 13.4. The minimum absolute atomic E-state index is 0.0457. The molecular formula is C29H30F6N2O4. The van der Waals surface area contributed by atoms with Gasteiger partial charge in [0.25, 0.3) is 5.91 Å². The highest BCUT2D eigenvalue weighted by Crippen LogP contribution is 2.43. The Morgan fingerprint density at radius 3 is 2.24 bits per heavy atom. The molecule has 1 aliphatic carbocycles. The number of nitrogens with zero attached hydrogens (tertiary/aromatic N) is 1. The highest BCUT2D eigenvalue weighted by molar-refractivity contribution is 5.95. The second kappa shape index (κ2) is 11.7. The number of methoxy groups -OCH3 is 1. The first-order valence-electron chi connectivity index (χ1n) is 13.2. The fraction of sp³-hybridized carbons (Fsp3) is 0.448. The minimum atomic E-state index is -5.02. The molecule has 2 aromatic rings. The number of carbonyl (C=O) groups is 2. The van der Waals surface area contributed by atoms with E-state index in [0.717, 1.165) is 24.0 Å². The first-order chi connectivity index (χ1) is 19.2. The van der Waals surface area contributed by atoms with Crippen molar-refractivity contribution in [3.63, 3.8) is 0 Å². The van der Waals surface area contributed by atoms with Crippen molar-refractivity contribution < 1.29 is 45.4 Å². The van der Waals surface area contributed by atoms with Gasteiger partial charge in [-0.1, -0.05) is 0 Å². The number of amides is 2. The molecule has 41 heavy (non-hydrogen) atoms. The van der Waals surface area contributed by atoms with E-state index in [1.165, 1.54) is 18.9 Å². The summed E-state index contributed by atoms with van der Waals surface area (Å²) in [7, 11) is 1.50. The van der Waals surface area contributed by atoms with Gasteiger partial charge >= 0.3 is 18.4 Å². The Balaban J connectivity index is 1.70. The van der Waals surface area contributed by atoms with Crippen LogP contribution in [0.25, 0.3) is 5.57 Å². The molecule has 1 N–H and O–H groups in total. The Labute approximate surface area is 233 Å². The van der Waals surface area contributed by atoms with Crippen LogP contribution in [0.4, 0.5) is 31.1 Å². The van der Waals surface area contributed by atoms with E-state index in [2.05, 4.69) is 5.32 Å². The van der Waals surface area contributed by atoms with E-state index >= 15 is 0 Å². The molecular weight excluding hydrogens is 554 g/mol. The van der Waals surface area contributed by atoms with Gasteiger partial charge in [0.15, 0.2) is 0 Å². The van der Waals surface area contributed by atoms with Gasteiger partial charge in [0.1, 0.15) is 11.9 Å². The predicted octanol–water partition coefficient (Wildman–Crippen LogP) is 7.39. The summed E-state index contributed by atoms with van der Waals surface area (Å²) in [4.78, 5) is 26.8. The summed E-state index contributed by atoms with van der Waals surface area (Å²) in [6.07, 6.45) is -9.32. The number of benzene rings is 2. The average Bonchev–Trinajstić information content (AvgIpc) is 3.20. The Hall–Kier alpha value is -3.70. The van der Waals surface area contributed by atoms with Crippen LogP contribution >= 0.6 is 0 Å². The van der Waals surface area contributed by atoms with Crippen molar-refractivity contribution in [2.45, 2.75) is 64.0 Å². The molecule has 1 saturated heterocycles. The molecule has 0 saturated carbocycles. The van der Waals surface area contributed by atoms with Crippen LogP contribution in [-0.2, 0) is 17.1 Å². The van der Waals surface area contributed by atoms with Gasteiger partial charge in [0, 0.05) is 24.2 Å². The van der Waals surface area contributed by atoms with Gasteiger partial charge in [-0.05, 0) is 92.6 Å². The molecule has 1 aliphatic heterocycles. The number of hydrogen-bond acceptors (Lipinski definition) is 4. The van der Waals surface area contributed by atoms with Gasteiger partial charge in [-0.2, -0.15) is 26.3 Å². The molecule has 0 bridgehead atoms. The summed E-state index contributed by atoms with van der Waals surface area (Å²) in [5, 5.41) is 2.75. The highest BCUT2D eigenvalue weighted by Gasteiger charge is 2.43. The van der Waals surface area contributed by atoms with Gasteiger partial charge in [-0.15, -0.1) is 0 Å². The molecule has 2 aromatic carbocycles. The van der Waals surface area contributed by atoms with Crippen molar-refractivity contribution in [3.8, 4) is 5.75 Å². The molecule has 12 heteroatoms. The largest absolute Gasteiger partial charge is 0.496 e. The number of allylic oxidation sites excluding steroid dienone is 1. The molecule has 6 nitrogen and oxygen atoms in total. The minimum Gasteiger partial charge on any atom is -0.496 e. The zero-order valence-electron chi connectivity index (χ0n) is 22.7. The number of carbonyl (C=O) groups excluding carboxylic acids is 2. The number of nitrogens with one attached hydrogen (secondary N) is 1. The van der Waals surface area contributed by atoms with E-state index in [-0.39, 0.29) is 24.1 Å². The molecule has 4 rings (SSSR count). The van der Waals surface area contributed by atoms with Crippen LogP contribution in [0.15, 0.2) is 42.0 Å². The van der Waals surface area contributed by atoms with Gasteiger partial charge in [-0.25, -0.2) is 4.79 Å². The Morgan fingerprint density at radius 2 is 1.66 bits per heavy atom. The standard InChI is InChI=1S/C29H30F6N2O4/c1-4-36-26(38)17-9-10-24(40-3)23(13-17)22-8-6-5-7-18(22)15-37-16(2)25(41-27(37)39)19-11-20(28(30,31)32)14-21(12-19)29(33,34)35/h9-14,16,25H,4-8,15H2,1-3H3,(H,36,38)/t16-,25-/m0/s1. The van der Waals surface area contributed by atoms with Crippen molar-refractivity contribution in [3.05, 3.63) is 69.8 Å². The van der Waals surface area contributed by atoms with Crippen molar-refractivity contribution in [2.75, 3.05) is 20.2 Å². The monoisotopic (exact) mass is 584 g/mol. The predicted molar refractivity (Wildman–Crippen MR) is 138 cm³/mol. The lowest BCUT2D eigenvalue weighted by Crippen LogP contribution is -2.34. The molecule has 2 amide bonds. The second-order valence-corrected chi connectivity index (χ2v) is 10.1. The second-order valence-electron chi connectivity index (χ2n) is 10.1. The van der Waals surface area contributed by atoms with Crippen LogP contribution in [0.5, 0.6) is 5.75 Å². The topological polar surface area (TPSA) is 67.9 Å². The molecule has 2 aliphatic rings. The lowest BCUT2D eigenvalue weighted by molar-refractivity contribution is -0.143. The summed E-state index contributed by atoms with van der Waals surface area (Å²) in [5.41, 5.74) is -0.479. The normalized spacial score (nSPS) is 19.8. The third-order valence-corrected chi connectivity index (χ3v) is 7.40. The number of halogens is 6. The molecule has 222 valence electrons. The third-order valence-electron chi connectivity index (χ3n) is 7.40. The SMILES string of the molecule is CCNC(=O)c1ccc(OC)c(C2=C(CN3C(=O)O[C@H](c4cc(C(F)(F)F)cc(C(F)(F)F)c4)[C@@H]3C)CCCC2)c1. The molecule has 1 fully saturated rings. The van der Waals surface area contributed by atoms with Crippen LogP contribution in [-0.4, -0.2) is 43.1 Å². The molecule has 0 spiro atoms. The van der Waals surface area contributed by atoms with Gasteiger partial charge in [0.2, 0.25) is 0 Å². The Bertz CT molecular complexity index is 1320. The van der Waals surface area contributed by atoms with Crippen molar-refractivity contribution in [1.82, 2.24) is 10.2 Å². The van der Waals surface area contributed by atoms with Crippen molar-refractivity contribution in [2.24, 2.45) is 0 Å². The van der Waals surface area contributed by atoms with E-state index < -0.39 is 41.7 Å². The van der Waals surface area contributed by atoms with Crippen LogP contribution in [0.3, 0.4) is 0 Å². The van der Waals surface area contributed by atoms with E-state index in [1.54, 1.807) is 25.1 Å². The summed E-state index contributed by atoms with van der Waals surface area (Å²) in [6.45, 7) is 3.84. The van der Waals surface area contributed by atoms with Gasteiger partial charge < -0.3 is 14.8 Å². The first-order valence-corrected chi connectivity index (χ1v) is 13.2. The van der Waals surface area contributed by atoms with Crippen LogP contribution in [0.2, 0.25) is 0 Å². The number of ether oxygens (including phenoxy) is 2. The van der Waals surface area contributed by atoms with Crippen LogP contribution < -0.4 is 10.1 Å². The van der Waals surface area contributed by atoms with E-state index in [0.29, 0.717) is 48.4 Å². The van der Waals surface area contributed by atoms with Crippen LogP contribution in [0, 0.1) is 0 Å². The molecule has 0 aromatic heterocycles. The fourth-order valence-corrected chi connectivity index (χ4v) is 5.32. The lowest BCUT2D eigenvalue weighted by atomic mass is 9.85. The zero-order valence-corrected chi connectivity index (χ0v) is 22.7. The average molecular weight is 585 g/mol. The van der Waals surface area contributed by atoms with Gasteiger partial charge in [0.05, 0.1) is 24.3 Å². The van der Waals surface area contributed by atoms with Gasteiger partial charge in [-0.3, -0.25) is 9.69 Å². The number of cyclic esters (lactones) is 1. The summed E-state index contributed by atoms with van der Waals surface area (Å²) in [5.74, 6) is 0.277. The fourth-order valence-electron chi connectivity index (χ4n) is 5.32. The van der Waals surface area contributed by atoms with Crippen molar-refractivity contribution >= 4 is 17.6 Å². The summed E-state index contributed by atoms with van der Waals surface area (Å²) in [6, 6.07) is 5.43. The number of alkyl halides is 6. The van der Waals surface area contributed by atoms with Crippen molar-refractivity contribution in [1.29, 1.82) is 0 Å². The summed E-state index contributed by atoms with van der Waals surface area (Å²) >= 11 is 0. The maximum Gasteiger partial charge on any atom is 0.416 e. The smallest absolute Gasteiger partial charge is 0.416 e. The van der Waals surface area contributed by atoms with E-state index in [4.69, 9.17) is 9.47 Å². The quantitative estimate of drug-likeness (QED) is 0.345. The molecule has 0 unspecified atom stereocenters. The maximum absolute atomic E-state index is 13.4. The molecule has 2 atom stereocenters. The Morgan fingerprint density at radius 1 is 1.02 bits per heavy atom. The van der Waals surface area contributed by atoms with Crippen LogP contribution in [0.1, 0.15) is 78.2 Å². The highest BCUT2D eigenvalue weighted by atomic mass is 19.4.